The molecular weight excluding hydrogens is 434 g/mol. The number of hydrogen-bond donors (Lipinski definition) is 2. The number of amides is 1. The highest BCUT2D eigenvalue weighted by Crippen LogP contribution is 2.34. The third-order valence-electron chi connectivity index (χ3n) is 6.98. The molecule has 35 heavy (non-hydrogen) atoms. The van der Waals surface area contributed by atoms with Crippen LogP contribution in [0, 0.1) is 0 Å². The molecule has 4 rings (SSSR count). The van der Waals surface area contributed by atoms with Crippen molar-refractivity contribution in [3.05, 3.63) is 59.7 Å². The van der Waals surface area contributed by atoms with E-state index >= 15 is 0 Å². The summed E-state index contributed by atoms with van der Waals surface area (Å²) in [7, 11) is 0. The van der Waals surface area contributed by atoms with Gasteiger partial charge in [-0.15, -0.1) is 0 Å². The van der Waals surface area contributed by atoms with Crippen LogP contribution >= 0.6 is 0 Å². The maximum atomic E-state index is 13.1. The van der Waals surface area contributed by atoms with Gasteiger partial charge in [0.1, 0.15) is 5.75 Å². The van der Waals surface area contributed by atoms with Crippen LogP contribution in [0.2, 0.25) is 0 Å². The minimum Gasteiger partial charge on any atom is -0.410 e. The average molecular weight is 474 g/mol. The molecular formula is C30H39N3O2. The fourth-order valence-corrected chi connectivity index (χ4v) is 5.02. The summed E-state index contributed by atoms with van der Waals surface area (Å²) in [6.45, 7) is 2.89. The highest BCUT2D eigenvalue weighted by molar-refractivity contribution is 6.09. The van der Waals surface area contributed by atoms with Gasteiger partial charge in [-0.1, -0.05) is 68.2 Å². The van der Waals surface area contributed by atoms with Gasteiger partial charge in [0.05, 0.1) is 0 Å². The van der Waals surface area contributed by atoms with Crippen molar-refractivity contribution in [3.63, 3.8) is 0 Å². The van der Waals surface area contributed by atoms with Crippen LogP contribution in [-0.4, -0.2) is 37.2 Å². The molecule has 4 N–H and O–H groups in total. The predicted octanol–water partition coefficient (Wildman–Crippen LogP) is 6.40. The van der Waals surface area contributed by atoms with Crippen molar-refractivity contribution in [2.24, 2.45) is 11.5 Å². The molecule has 1 aliphatic rings. The predicted molar refractivity (Wildman–Crippen MR) is 147 cm³/mol. The van der Waals surface area contributed by atoms with Crippen molar-refractivity contribution < 1.29 is 9.53 Å². The van der Waals surface area contributed by atoms with Crippen molar-refractivity contribution in [2.75, 3.05) is 26.2 Å². The Hall–Kier alpha value is -2.89. The number of hydrogen-bond acceptors (Lipinski definition) is 4. The first-order valence-corrected chi connectivity index (χ1v) is 13.2. The van der Waals surface area contributed by atoms with Crippen LogP contribution in [0.4, 0.5) is 4.79 Å². The summed E-state index contributed by atoms with van der Waals surface area (Å²) in [4.78, 5) is 15.0. The molecule has 186 valence electrons. The number of ether oxygens (including phenoxy) is 1. The molecule has 0 radical (unpaired) electrons. The first-order chi connectivity index (χ1) is 17.2. The molecule has 0 bridgehead atoms. The minimum atomic E-state index is -0.258. The van der Waals surface area contributed by atoms with Crippen molar-refractivity contribution in [2.45, 2.75) is 57.8 Å². The zero-order valence-electron chi connectivity index (χ0n) is 20.8. The van der Waals surface area contributed by atoms with E-state index in [0.717, 1.165) is 89.4 Å². The van der Waals surface area contributed by atoms with E-state index < -0.39 is 0 Å². The van der Waals surface area contributed by atoms with Gasteiger partial charge in [-0.25, -0.2) is 4.79 Å². The Morgan fingerprint density at radius 1 is 0.771 bits per heavy atom. The lowest BCUT2D eigenvalue weighted by molar-refractivity contribution is 0.150. The molecule has 3 aromatic carbocycles. The number of unbranched alkanes of at least 4 members (excludes halogenated alkanes) is 6. The number of nitrogens with two attached hydrogens (primary N) is 2. The monoisotopic (exact) mass is 473 g/mol. The Kier molecular flexibility index (Phi) is 9.15. The van der Waals surface area contributed by atoms with Crippen LogP contribution in [-0.2, 0) is 6.42 Å². The van der Waals surface area contributed by atoms with Crippen LogP contribution in [0.3, 0.4) is 0 Å². The van der Waals surface area contributed by atoms with Gasteiger partial charge in [0.2, 0.25) is 0 Å². The summed E-state index contributed by atoms with van der Waals surface area (Å²) in [6.07, 6.45) is 13.5. The molecule has 0 unspecified atom stereocenters. The molecule has 0 saturated heterocycles. The first-order valence-electron chi connectivity index (χ1n) is 13.2. The SMILES string of the molecule is NCCCCCCN(CCCCCCN)C(=O)Oc1ccc2c(ccc3c4c(ccc32)C=CC4)c1. The van der Waals surface area contributed by atoms with Crippen molar-refractivity contribution in [1.29, 1.82) is 0 Å². The molecule has 0 aromatic heterocycles. The minimum absolute atomic E-state index is 0.258. The van der Waals surface area contributed by atoms with Crippen LogP contribution in [0.15, 0.2) is 48.5 Å². The van der Waals surface area contributed by atoms with Gasteiger partial charge in [-0.3, -0.25) is 0 Å². The Balaban J connectivity index is 1.44. The van der Waals surface area contributed by atoms with Crippen LogP contribution in [0.1, 0.15) is 62.5 Å². The fraction of sp³-hybridized carbons (Fsp3) is 0.433. The van der Waals surface area contributed by atoms with E-state index in [9.17, 15) is 4.79 Å². The van der Waals surface area contributed by atoms with Crippen molar-refractivity contribution in [3.8, 4) is 5.75 Å². The number of nitrogens with zero attached hydrogens (tertiary/aromatic N) is 1. The lowest BCUT2D eigenvalue weighted by Gasteiger charge is -2.22. The molecule has 5 heteroatoms. The second-order valence-corrected chi connectivity index (χ2v) is 9.54. The molecule has 0 aliphatic heterocycles. The second-order valence-electron chi connectivity index (χ2n) is 9.54. The molecule has 0 saturated carbocycles. The maximum Gasteiger partial charge on any atom is 0.415 e. The molecule has 3 aromatic rings. The molecule has 0 heterocycles. The summed E-state index contributed by atoms with van der Waals surface area (Å²) >= 11 is 0. The lowest BCUT2D eigenvalue weighted by atomic mass is 9.96. The summed E-state index contributed by atoms with van der Waals surface area (Å²) in [5, 5.41) is 4.83. The Morgan fingerprint density at radius 2 is 1.43 bits per heavy atom. The standard InChI is InChI=1S/C30H39N3O2/c31-18-5-1-3-7-20-33(21-8-4-2-6-19-32)30(34)35-25-14-17-27-24(22-25)13-16-28-26-11-9-10-23(26)12-15-29(27)28/h9-10,12-17,22H,1-8,11,18-21,31-32H2. The number of allylic oxidation sites excluding steroid dienone is 1. The first kappa shape index (κ1) is 25.2. The van der Waals surface area contributed by atoms with E-state index in [4.69, 9.17) is 16.2 Å². The third-order valence-corrected chi connectivity index (χ3v) is 6.98. The third kappa shape index (κ3) is 6.41. The summed E-state index contributed by atoms with van der Waals surface area (Å²) in [5.41, 5.74) is 13.9. The normalized spacial score (nSPS) is 12.4. The van der Waals surface area contributed by atoms with Crippen molar-refractivity contribution >= 4 is 33.7 Å². The number of carbonyl (C=O) groups is 1. The van der Waals surface area contributed by atoms with E-state index in [1.807, 2.05) is 17.0 Å². The zero-order chi connectivity index (χ0) is 24.5. The molecule has 0 fully saturated rings. The second kappa shape index (κ2) is 12.7. The van der Waals surface area contributed by atoms with Gasteiger partial charge in [-0.05, 0) is 90.0 Å². The highest BCUT2D eigenvalue weighted by Gasteiger charge is 2.16. The maximum absolute atomic E-state index is 13.1. The summed E-state index contributed by atoms with van der Waals surface area (Å²) < 4.78 is 5.86. The molecule has 1 amide bonds. The van der Waals surface area contributed by atoms with Gasteiger partial charge in [0.25, 0.3) is 0 Å². The Bertz CT molecular complexity index is 1160. The van der Waals surface area contributed by atoms with E-state index in [0.29, 0.717) is 5.75 Å². The quantitative estimate of drug-likeness (QED) is 0.222. The van der Waals surface area contributed by atoms with E-state index in [2.05, 4.69) is 42.5 Å². The number of fused-ring (bicyclic) bond motifs is 5. The number of benzene rings is 3. The largest absolute Gasteiger partial charge is 0.415 e. The van der Waals surface area contributed by atoms with Crippen molar-refractivity contribution in [1.82, 2.24) is 4.90 Å². The summed E-state index contributed by atoms with van der Waals surface area (Å²) in [6, 6.07) is 14.7. The zero-order valence-corrected chi connectivity index (χ0v) is 20.8. The molecule has 0 spiro atoms. The average Bonchev–Trinajstić information content (AvgIpc) is 3.36. The van der Waals surface area contributed by atoms with Gasteiger partial charge in [0, 0.05) is 13.1 Å². The van der Waals surface area contributed by atoms with Gasteiger partial charge < -0.3 is 21.1 Å². The Morgan fingerprint density at radius 3 is 2.14 bits per heavy atom. The molecule has 1 aliphatic carbocycles. The van der Waals surface area contributed by atoms with Crippen LogP contribution < -0.4 is 16.2 Å². The number of rotatable bonds is 13. The summed E-state index contributed by atoms with van der Waals surface area (Å²) in [5.74, 6) is 0.598. The van der Waals surface area contributed by atoms with E-state index in [1.54, 1.807) is 0 Å². The Labute approximate surface area is 209 Å². The van der Waals surface area contributed by atoms with Crippen LogP contribution in [0.25, 0.3) is 27.6 Å². The van der Waals surface area contributed by atoms with E-state index in [-0.39, 0.29) is 6.09 Å². The van der Waals surface area contributed by atoms with E-state index in [1.165, 1.54) is 27.3 Å². The highest BCUT2D eigenvalue weighted by atomic mass is 16.6. The number of carbonyl (C=O) groups excluding carboxylic acids is 1. The topological polar surface area (TPSA) is 81.6 Å². The van der Waals surface area contributed by atoms with Crippen LogP contribution in [0.5, 0.6) is 5.75 Å². The van der Waals surface area contributed by atoms with Gasteiger partial charge in [0.15, 0.2) is 0 Å². The smallest absolute Gasteiger partial charge is 0.410 e. The molecule has 5 nitrogen and oxygen atoms in total. The lowest BCUT2D eigenvalue weighted by Crippen LogP contribution is -2.35. The fourth-order valence-electron chi connectivity index (χ4n) is 5.02. The van der Waals surface area contributed by atoms with Gasteiger partial charge in [-0.2, -0.15) is 0 Å². The van der Waals surface area contributed by atoms with Gasteiger partial charge >= 0.3 is 6.09 Å². The molecule has 0 atom stereocenters.